The third kappa shape index (κ3) is 5.76. The second-order valence-corrected chi connectivity index (χ2v) is 8.01. The number of carboxylic acids is 1. The first-order chi connectivity index (χ1) is 16.4. The van der Waals surface area contributed by atoms with Gasteiger partial charge in [-0.15, -0.1) is 0 Å². The second kappa shape index (κ2) is 11.3. The van der Waals surface area contributed by atoms with Crippen molar-refractivity contribution in [3.05, 3.63) is 60.3 Å². The average molecular weight is 492 g/mol. The molecule has 0 saturated carbocycles. The number of carbonyl (C=O) groups is 2. The molecule has 0 radical (unpaired) electrons. The van der Waals surface area contributed by atoms with Crippen LogP contribution in [0.5, 0.6) is 5.75 Å². The van der Waals surface area contributed by atoms with Crippen molar-refractivity contribution >= 4 is 38.7 Å². The minimum absolute atomic E-state index is 0. The molecule has 2 aromatic carbocycles. The van der Waals surface area contributed by atoms with Gasteiger partial charge in [0.25, 0.3) is 0 Å². The number of aliphatic carboxylic acids is 1. The first kappa shape index (κ1) is 26.1. The predicted octanol–water partition coefficient (Wildman–Crippen LogP) is 2.02. The third-order valence-electron chi connectivity index (χ3n) is 4.68. The number of amides is 2. The Balaban J connectivity index is 0.00000228. The fourth-order valence-electron chi connectivity index (χ4n) is 3.28. The van der Waals surface area contributed by atoms with Gasteiger partial charge in [0, 0.05) is 23.9 Å². The summed E-state index contributed by atoms with van der Waals surface area (Å²) < 4.78 is 35.8. The van der Waals surface area contributed by atoms with E-state index in [9.17, 15) is 14.0 Å². The largest absolute Gasteiger partial charge is 1.00 e. The molecule has 0 aliphatic heterocycles. The van der Waals surface area contributed by atoms with Crippen LogP contribution in [0.1, 0.15) is 8.35 Å². The van der Waals surface area contributed by atoms with Crippen molar-refractivity contribution in [3.63, 3.8) is 0 Å². The number of fused-ring (bicyclic) bond motifs is 1. The van der Waals surface area contributed by atoms with E-state index in [0.717, 1.165) is 11.3 Å². The van der Waals surface area contributed by atoms with E-state index in [-0.39, 0.29) is 47.9 Å². The number of carbonyl (C=O) groups excluding carboxylic acids is 1. The van der Waals surface area contributed by atoms with Crippen LogP contribution >= 0.6 is 11.3 Å². The Hall–Kier alpha value is -3.52. The van der Waals surface area contributed by atoms with Crippen LogP contribution in [0, 0.1) is 11.6 Å². The molecular weight excluding hydrogens is 473 g/mol. The zero-order valence-corrected chi connectivity index (χ0v) is 19.6. The smallest absolute Gasteiger partial charge is 1.00 e. The summed E-state index contributed by atoms with van der Waals surface area (Å²) in [6, 6.07) is 9.84. The van der Waals surface area contributed by atoms with Crippen molar-refractivity contribution in [1.29, 1.82) is 0 Å². The first-order valence-corrected chi connectivity index (χ1v) is 10.9. The van der Waals surface area contributed by atoms with Gasteiger partial charge in [-0.25, -0.2) is 23.4 Å². The van der Waals surface area contributed by atoms with E-state index in [1.54, 1.807) is 25.1 Å². The number of hydrogen-bond donors (Lipinski definition) is 3. The number of aromatic nitrogens is 2. The number of halogens is 2. The number of anilines is 1. The molecule has 2 amide bonds. The number of ether oxygens (including phenoxy) is 1. The molecule has 0 atom stereocenters. The maximum absolute atomic E-state index is 15.7. The molecule has 0 unspecified atom stereocenters. The number of urea groups is 1. The van der Waals surface area contributed by atoms with Gasteiger partial charge in [0.1, 0.15) is 22.8 Å². The van der Waals surface area contributed by atoms with Crippen LogP contribution in [-0.2, 0) is 4.79 Å². The summed E-state index contributed by atoms with van der Waals surface area (Å²) in [7, 11) is 0. The minimum atomic E-state index is -1.15. The van der Waals surface area contributed by atoms with Gasteiger partial charge < -0.3 is 16.6 Å². The maximum atomic E-state index is 15.7. The van der Waals surface area contributed by atoms with Gasteiger partial charge >= 0.3 is 30.9 Å². The summed E-state index contributed by atoms with van der Waals surface area (Å²) in [5.74, 6) is -2.22. The van der Waals surface area contributed by atoms with Gasteiger partial charge in [-0.2, -0.15) is 0 Å². The van der Waals surface area contributed by atoms with Crippen molar-refractivity contribution in [3.8, 4) is 28.1 Å². The van der Waals surface area contributed by atoms with E-state index < -0.39 is 30.2 Å². The fraction of sp³-hybridized carbons (Fsp3) is 0.130. The average Bonchev–Trinajstić information content (AvgIpc) is 3.23. The van der Waals surface area contributed by atoms with Crippen LogP contribution in [0.3, 0.4) is 0 Å². The predicted molar refractivity (Wildman–Crippen MR) is 125 cm³/mol. The zero-order valence-electron chi connectivity index (χ0n) is 19.8. The molecule has 4 rings (SSSR count). The normalized spacial score (nSPS) is 10.5. The van der Waals surface area contributed by atoms with Crippen molar-refractivity contribution in [1.82, 2.24) is 15.3 Å². The summed E-state index contributed by atoms with van der Waals surface area (Å²) in [5.41, 5.74) is 0.684. The van der Waals surface area contributed by atoms with Gasteiger partial charge in [-0.1, -0.05) is 23.5 Å². The Morgan fingerprint density at radius 1 is 1.17 bits per heavy atom. The maximum Gasteiger partial charge on any atom is 1.00 e. The Labute approximate surface area is 216 Å². The number of nitrogens with zero attached hydrogens (tertiary/aromatic N) is 2. The van der Waals surface area contributed by atoms with Gasteiger partial charge in [-0.3, -0.25) is 10.3 Å². The van der Waals surface area contributed by atoms with Gasteiger partial charge in [-0.05, 0) is 42.8 Å². The minimum Gasteiger partial charge on any atom is -1.00 e. The van der Waals surface area contributed by atoms with Gasteiger partial charge in [0.15, 0.2) is 17.6 Å². The van der Waals surface area contributed by atoms with Crippen LogP contribution in [0.4, 0.5) is 18.7 Å². The van der Waals surface area contributed by atoms with Crippen molar-refractivity contribution in [2.75, 3.05) is 18.5 Å². The Kier molecular flexibility index (Phi) is 8.40. The molecule has 0 spiro atoms. The Morgan fingerprint density at radius 2 is 1.97 bits per heavy atom. The van der Waals surface area contributed by atoms with Crippen molar-refractivity contribution < 1.29 is 48.5 Å². The molecule has 2 aromatic heterocycles. The molecule has 0 aliphatic rings. The number of pyridine rings is 1. The van der Waals surface area contributed by atoms with E-state index in [2.05, 4.69) is 20.6 Å². The van der Waals surface area contributed by atoms with Crippen LogP contribution < -0.4 is 34.2 Å². The number of carboxylic acid groups (broad SMARTS) is 1. The molecule has 0 fully saturated rings. The zero-order chi connectivity index (χ0) is 24.2. The summed E-state index contributed by atoms with van der Waals surface area (Å²) in [5, 5.41) is 14.1. The third-order valence-corrected chi connectivity index (χ3v) is 5.69. The fourth-order valence-corrected chi connectivity index (χ4v) is 4.25. The van der Waals surface area contributed by atoms with Crippen molar-refractivity contribution in [2.24, 2.45) is 0 Å². The second-order valence-electron chi connectivity index (χ2n) is 7.01. The Bertz CT molecular complexity index is 1410. The molecule has 35 heavy (non-hydrogen) atoms. The first-order valence-electron chi connectivity index (χ1n) is 10.1. The monoisotopic (exact) mass is 492 g/mol. The van der Waals surface area contributed by atoms with E-state index in [0.29, 0.717) is 22.4 Å². The topological polar surface area (TPSA) is 113 Å². The van der Waals surface area contributed by atoms with Crippen LogP contribution in [0.2, 0.25) is 0 Å². The molecule has 0 bridgehead atoms. The van der Waals surface area contributed by atoms with Crippen LogP contribution in [-0.4, -0.2) is 40.2 Å². The Morgan fingerprint density at radius 3 is 2.69 bits per heavy atom. The summed E-state index contributed by atoms with van der Waals surface area (Å²) in [6.07, 6.45) is 1.42. The molecule has 4 aromatic rings. The number of nitrogens with one attached hydrogen (secondary N) is 2. The van der Waals surface area contributed by atoms with Gasteiger partial charge in [0.05, 0.1) is 4.70 Å². The molecular formula is C23H19F2LiN4O4S. The van der Waals surface area contributed by atoms with Crippen LogP contribution in [0.15, 0.2) is 48.7 Å². The van der Waals surface area contributed by atoms with Crippen molar-refractivity contribution in [2.45, 2.75) is 6.92 Å². The summed E-state index contributed by atoms with van der Waals surface area (Å²) >= 11 is 0.994. The molecule has 0 aliphatic carbocycles. The van der Waals surface area contributed by atoms with E-state index in [1.165, 1.54) is 30.5 Å². The van der Waals surface area contributed by atoms with E-state index >= 15 is 4.39 Å². The molecule has 3 N–H and O–H groups in total. The van der Waals surface area contributed by atoms with Crippen LogP contribution in [0.25, 0.3) is 32.6 Å². The quantitative estimate of drug-likeness (QED) is 0.341. The molecule has 8 nitrogen and oxygen atoms in total. The number of benzene rings is 2. The molecule has 2 heterocycles. The van der Waals surface area contributed by atoms with E-state index in [1.807, 2.05) is 0 Å². The summed E-state index contributed by atoms with van der Waals surface area (Å²) in [6.45, 7) is 1.58. The molecule has 176 valence electrons. The molecule has 0 saturated heterocycles. The van der Waals surface area contributed by atoms with Gasteiger partial charge in [0.2, 0.25) is 0 Å². The standard InChI is InChI=1S/C23H18F2N4O4S.Li.H/c1-2-26-22(32)29-23-28-20-18(25)14(12-5-3-6-13(9-12)33-11-17(30)31)10-15(21(20)34-23)19-16(24)7-4-8-27-19;;/h3-10H,2,11H2,1H3,(H,30,31)(H2,26,28,29,32);;/q;+1;-1. The number of thiazole rings is 1. The SMILES string of the molecule is CCNC(=O)Nc1nc2c(F)c(-c3cccc(OCC(=O)O)c3)cc(-c3ncccc3F)c2s1.[H-].[Li+]. The van der Waals surface area contributed by atoms with E-state index in [4.69, 9.17) is 9.84 Å². The number of rotatable bonds is 7. The molecule has 12 heteroatoms. The number of hydrogen-bond acceptors (Lipinski definition) is 6. The summed E-state index contributed by atoms with van der Waals surface area (Å²) in [4.78, 5) is 31.1.